The lowest BCUT2D eigenvalue weighted by atomic mass is 9.96. The highest BCUT2D eigenvalue weighted by Gasteiger charge is 2.21. The predicted molar refractivity (Wildman–Crippen MR) is 99.6 cm³/mol. The van der Waals surface area contributed by atoms with E-state index in [9.17, 15) is 5.11 Å². The number of pyridine rings is 1. The van der Waals surface area contributed by atoms with Crippen LogP contribution in [0, 0.1) is 5.92 Å². The molecule has 2 heterocycles. The molecule has 1 aromatic heterocycles. The smallest absolute Gasteiger partial charge is 0.134 e. The van der Waals surface area contributed by atoms with Gasteiger partial charge in [0.15, 0.2) is 0 Å². The number of halogens is 2. The van der Waals surface area contributed by atoms with Crippen molar-refractivity contribution in [3.63, 3.8) is 0 Å². The molecule has 3 rings (SSSR count). The highest BCUT2D eigenvalue weighted by molar-refractivity contribution is 6.43. The van der Waals surface area contributed by atoms with Crippen molar-refractivity contribution in [2.45, 2.75) is 19.4 Å². The molecule has 0 unspecified atom stereocenters. The molecule has 0 amide bonds. The van der Waals surface area contributed by atoms with Crippen molar-refractivity contribution >= 4 is 29.0 Å². The fraction of sp³-hybridized carbons (Fsp3) is 0.389. The molecular weight excluding hydrogens is 345 g/mol. The van der Waals surface area contributed by atoms with Crippen molar-refractivity contribution < 1.29 is 5.11 Å². The topological polar surface area (TPSA) is 62.4 Å². The van der Waals surface area contributed by atoms with E-state index in [0.29, 0.717) is 16.0 Å². The first kappa shape index (κ1) is 17.5. The minimum absolute atomic E-state index is 0.0643. The van der Waals surface area contributed by atoms with E-state index >= 15 is 0 Å². The van der Waals surface area contributed by atoms with E-state index in [-0.39, 0.29) is 6.61 Å². The zero-order chi connectivity index (χ0) is 17.1. The average Bonchev–Trinajstić information content (AvgIpc) is 2.63. The summed E-state index contributed by atoms with van der Waals surface area (Å²) in [5.41, 5.74) is 8.23. The summed E-state index contributed by atoms with van der Waals surface area (Å²) in [5, 5.41) is 10.8. The molecule has 2 aromatic rings. The first-order valence-corrected chi connectivity index (χ1v) is 8.88. The minimum Gasteiger partial charge on any atom is -0.392 e. The number of hydrogen-bond acceptors (Lipinski definition) is 4. The van der Waals surface area contributed by atoms with Gasteiger partial charge in [0, 0.05) is 36.0 Å². The zero-order valence-corrected chi connectivity index (χ0v) is 14.9. The van der Waals surface area contributed by atoms with Crippen LogP contribution in [-0.2, 0) is 6.61 Å². The van der Waals surface area contributed by atoms with Gasteiger partial charge in [-0.1, -0.05) is 35.3 Å². The Balaban J connectivity index is 1.90. The van der Waals surface area contributed by atoms with E-state index in [2.05, 4.69) is 9.88 Å². The number of aromatic nitrogens is 1. The molecule has 1 aliphatic heterocycles. The Morgan fingerprint density at radius 3 is 2.67 bits per heavy atom. The largest absolute Gasteiger partial charge is 0.392 e. The molecule has 128 valence electrons. The van der Waals surface area contributed by atoms with Crippen LogP contribution in [0.5, 0.6) is 0 Å². The molecule has 3 N–H and O–H groups in total. The van der Waals surface area contributed by atoms with Crippen molar-refractivity contribution in [3.05, 3.63) is 46.1 Å². The predicted octanol–water partition coefficient (Wildman–Crippen LogP) is 3.72. The zero-order valence-electron chi connectivity index (χ0n) is 13.4. The molecule has 1 fully saturated rings. The lowest BCUT2D eigenvalue weighted by molar-refractivity contribution is 0.281. The Morgan fingerprint density at radius 2 is 2.00 bits per heavy atom. The molecule has 1 aromatic carbocycles. The quantitative estimate of drug-likeness (QED) is 0.866. The van der Waals surface area contributed by atoms with Gasteiger partial charge in [0.25, 0.3) is 0 Å². The van der Waals surface area contributed by atoms with Gasteiger partial charge in [-0.25, -0.2) is 4.98 Å². The number of aliphatic hydroxyl groups excluding tert-OH is 1. The molecule has 1 saturated heterocycles. The van der Waals surface area contributed by atoms with Crippen LogP contribution in [0.2, 0.25) is 10.0 Å². The molecular formula is C18H21Cl2N3O. The van der Waals surface area contributed by atoms with Gasteiger partial charge in [-0.15, -0.1) is 0 Å². The number of aliphatic hydroxyl groups is 1. The third-order valence-corrected chi connectivity index (χ3v) is 5.44. The molecule has 0 spiro atoms. The lowest BCUT2D eigenvalue weighted by Crippen LogP contribution is -2.37. The van der Waals surface area contributed by atoms with Crippen molar-refractivity contribution in [1.82, 2.24) is 4.98 Å². The van der Waals surface area contributed by atoms with Crippen molar-refractivity contribution in [2.24, 2.45) is 11.7 Å². The van der Waals surface area contributed by atoms with E-state index in [1.54, 1.807) is 12.3 Å². The Hall–Kier alpha value is -1.33. The third kappa shape index (κ3) is 3.52. The summed E-state index contributed by atoms with van der Waals surface area (Å²) in [6, 6.07) is 7.45. The van der Waals surface area contributed by atoms with Crippen molar-refractivity contribution in [1.29, 1.82) is 0 Å². The van der Waals surface area contributed by atoms with Gasteiger partial charge >= 0.3 is 0 Å². The van der Waals surface area contributed by atoms with Crippen LogP contribution in [0.15, 0.2) is 30.5 Å². The van der Waals surface area contributed by atoms with Gasteiger partial charge in [0.2, 0.25) is 0 Å². The molecule has 0 aliphatic carbocycles. The molecule has 24 heavy (non-hydrogen) atoms. The summed E-state index contributed by atoms with van der Waals surface area (Å²) in [6.45, 7) is 2.50. The van der Waals surface area contributed by atoms with Gasteiger partial charge in [0.1, 0.15) is 5.82 Å². The van der Waals surface area contributed by atoms with Crippen LogP contribution < -0.4 is 10.6 Å². The molecule has 1 aliphatic rings. The second kappa shape index (κ2) is 7.70. The second-order valence-electron chi connectivity index (χ2n) is 6.13. The summed E-state index contributed by atoms with van der Waals surface area (Å²) in [6.07, 6.45) is 3.91. The maximum Gasteiger partial charge on any atom is 0.134 e. The van der Waals surface area contributed by atoms with E-state index in [1.165, 1.54) is 0 Å². The van der Waals surface area contributed by atoms with Crippen LogP contribution in [0.25, 0.3) is 11.1 Å². The summed E-state index contributed by atoms with van der Waals surface area (Å²) in [5.74, 6) is 1.43. The average molecular weight is 366 g/mol. The van der Waals surface area contributed by atoms with Gasteiger partial charge in [-0.3, -0.25) is 0 Å². The fourth-order valence-electron chi connectivity index (χ4n) is 3.16. The molecule has 0 bridgehead atoms. The van der Waals surface area contributed by atoms with Crippen LogP contribution >= 0.6 is 23.2 Å². The van der Waals surface area contributed by atoms with E-state index < -0.39 is 0 Å². The monoisotopic (exact) mass is 365 g/mol. The van der Waals surface area contributed by atoms with E-state index in [1.807, 2.05) is 18.2 Å². The molecule has 0 atom stereocenters. The number of anilines is 1. The summed E-state index contributed by atoms with van der Waals surface area (Å²) < 4.78 is 0. The second-order valence-corrected chi connectivity index (χ2v) is 6.92. The van der Waals surface area contributed by atoms with Crippen LogP contribution in [-0.4, -0.2) is 29.7 Å². The van der Waals surface area contributed by atoms with Crippen LogP contribution in [0.3, 0.4) is 0 Å². The number of hydrogen-bond donors (Lipinski definition) is 2. The van der Waals surface area contributed by atoms with Gasteiger partial charge in [0.05, 0.1) is 16.7 Å². The normalized spacial score (nSPS) is 15.8. The first-order valence-electron chi connectivity index (χ1n) is 8.13. The number of benzene rings is 1. The number of rotatable bonds is 4. The van der Waals surface area contributed by atoms with Crippen LogP contribution in [0.4, 0.5) is 5.82 Å². The SMILES string of the molecule is NCC1CCN(c2ncc(-c3cccc(Cl)c3Cl)cc2CO)CC1. The van der Waals surface area contributed by atoms with Crippen molar-refractivity contribution in [2.75, 3.05) is 24.5 Å². The number of piperidine rings is 1. The minimum atomic E-state index is -0.0643. The van der Waals surface area contributed by atoms with Crippen molar-refractivity contribution in [3.8, 4) is 11.1 Å². The first-order chi connectivity index (χ1) is 11.6. The Morgan fingerprint density at radius 1 is 1.25 bits per heavy atom. The highest BCUT2D eigenvalue weighted by atomic mass is 35.5. The van der Waals surface area contributed by atoms with Gasteiger partial charge < -0.3 is 15.7 Å². The van der Waals surface area contributed by atoms with Gasteiger partial charge in [-0.2, -0.15) is 0 Å². The number of nitrogens with two attached hydrogens (primary N) is 1. The van der Waals surface area contributed by atoms with Crippen LogP contribution in [0.1, 0.15) is 18.4 Å². The summed E-state index contributed by atoms with van der Waals surface area (Å²) in [7, 11) is 0. The summed E-state index contributed by atoms with van der Waals surface area (Å²) in [4.78, 5) is 6.83. The van der Waals surface area contributed by atoms with Gasteiger partial charge in [-0.05, 0) is 37.4 Å². The highest BCUT2D eigenvalue weighted by Crippen LogP contribution is 2.35. The van der Waals surface area contributed by atoms with E-state index in [0.717, 1.165) is 55.0 Å². The summed E-state index contributed by atoms with van der Waals surface area (Å²) >= 11 is 12.4. The molecule has 6 heteroatoms. The Kier molecular flexibility index (Phi) is 5.61. The fourth-order valence-corrected chi connectivity index (χ4v) is 3.57. The molecule has 0 radical (unpaired) electrons. The standard InChI is InChI=1S/C18H21Cl2N3O/c19-16-3-1-2-15(17(16)20)13-8-14(11-24)18(22-10-13)23-6-4-12(9-21)5-7-23/h1-3,8,10,12,24H,4-7,9,11,21H2. The molecule has 0 saturated carbocycles. The Bertz CT molecular complexity index is 715. The maximum absolute atomic E-state index is 9.80. The maximum atomic E-state index is 9.80. The molecule has 4 nitrogen and oxygen atoms in total. The van der Waals surface area contributed by atoms with E-state index in [4.69, 9.17) is 28.9 Å². The third-order valence-electron chi connectivity index (χ3n) is 4.62. The Labute approximate surface area is 152 Å². The number of nitrogens with zero attached hydrogens (tertiary/aromatic N) is 2. The lowest BCUT2D eigenvalue weighted by Gasteiger charge is -2.33.